The fourth-order valence-electron chi connectivity index (χ4n) is 2.92. The van der Waals surface area contributed by atoms with Gasteiger partial charge in [0.1, 0.15) is 11.6 Å². The molecule has 0 heterocycles. The van der Waals surface area contributed by atoms with Gasteiger partial charge >= 0.3 is 0 Å². The second-order valence-electron chi connectivity index (χ2n) is 6.53. The highest BCUT2D eigenvalue weighted by Crippen LogP contribution is 2.31. The molecular formula is C21H26FN3O3. The van der Waals surface area contributed by atoms with Crippen molar-refractivity contribution in [2.24, 2.45) is 11.1 Å². The molecule has 2 aromatic rings. The SMILES string of the molecule is CCC(CC)(CN)C(=O)Nc1ccc(OC)c(NC(=O)c2cccc(F)c2)c1. The van der Waals surface area contributed by atoms with E-state index in [0.29, 0.717) is 30.0 Å². The first-order chi connectivity index (χ1) is 13.4. The molecule has 4 N–H and O–H groups in total. The van der Waals surface area contributed by atoms with Gasteiger partial charge in [-0.1, -0.05) is 19.9 Å². The zero-order valence-corrected chi connectivity index (χ0v) is 16.3. The second kappa shape index (κ2) is 9.32. The van der Waals surface area contributed by atoms with E-state index in [-0.39, 0.29) is 18.0 Å². The Hall–Kier alpha value is -2.93. The Labute approximate surface area is 164 Å². The molecule has 0 saturated heterocycles. The number of ether oxygens (including phenoxy) is 1. The normalized spacial score (nSPS) is 11.0. The molecule has 0 atom stereocenters. The number of rotatable bonds is 8. The first-order valence-corrected chi connectivity index (χ1v) is 9.15. The predicted molar refractivity (Wildman–Crippen MR) is 108 cm³/mol. The molecule has 2 aromatic carbocycles. The van der Waals surface area contributed by atoms with Crippen LogP contribution in [-0.4, -0.2) is 25.5 Å². The van der Waals surface area contributed by atoms with Gasteiger partial charge in [0.25, 0.3) is 5.91 Å². The Balaban J connectivity index is 2.26. The summed E-state index contributed by atoms with van der Waals surface area (Å²) >= 11 is 0. The summed E-state index contributed by atoms with van der Waals surface area (Å²) in [5.74, 6) is -0.746. The maximum absolute atomic E-state index is 13.4. The summed E-state index contributed by atoms with van der Waals surface area (Å²) in [6.45, 7) is 4.09. The van der Waals surface area contributed by atoms with E-state index < -0.39 is 17.1 Å². The van der Waals surface area contributed by atoms with Crippen molar-refractivity contribution in [1.82, 2.24) is 0 Å². The van der Waals surface area contributed by atoms with Gasteiger partial charge in [-0.15, -0.1) is 0 Å². The highest BCUT2D eigenvalue weighted by atomic mass is 19.1. The maximum Gasteiger partial charge on any atom is 0.255 e. The molecule has 0 spiro atoms. The largest absolute Gasteiger partial charge is 0.495 e. The lowest BCUT2D eigenvalue weighted by atomic mass is 9.81. The van der Waals surface area contributed by atoms with Crippen molar-refractivity contribution in [2.75, 3.05) is 24.3 Å². The molecule has 0 bridgehead atoms. The monoisotopic (exact) mass is 387 g/mol. The summed E-state index contributed by atoms with van der Waals surface area (Å²) in [5.41, 5.74) is 6.22. The van der Waals surface area contributed by atoms with Gasteiger partial charge < -0.3 is 21.1 Å². The van der Waals surface area contributed by atoms with E-state index >= 15 is 0 Å². The van der Waals surface area contributed by atoms with Crippen LogP contribution < -0.4 is 21.1 Å². The van der Waals surface area contributed by atoms with Crippen LogP contribution in [-0.2, 0) is 4.79 Å². The minimum absolute atomic E-state index is 0.174. The second-order valence-corrected chi connectivity index (χ2v) is 6.53. The number of benzene rings is 2. The summed E-state index contributed by atoms with van der Waals surface area (Å²) in [4.78, 5) is 25.2. The zero-order valence-electron chi connectivity index (χ0n) is 16.3. The van der Waals surface area contributed by atoms with Gasteiger partial charge in [0.05, 0.1) is 18.2 Å². The number of hydrogen-bond acceptors (Lipinski definition) is 4. The van der Waals surface area contributed by atoms with E-state index in [0.717, 1.165) is 6.07 Å². The van der Waals surface area contributed by atoms with Gasteiger partial charge in [-0.05, 0) is 49.2 Å². The summed E-state index contributed by atoms with van der Waals surface area (Å²) in [6, 6.07) is 10.3. The van der Waals surface area contributed by atoms with E-state index in [1.54, 1.807) is 18.2 Å². The van der Waals surface area contributed by atoms with Crippen LogP contribution in [0.15, 0.2) is 42.5 Å². The topological polar surface area (TPSA) is 93.5 Å². The minimum atomic E-state index is -0.648. The van der Waals surface area contributed by atoms with Crippen LogP contribution in [0.2, 0.25) is 0 Å². The fraction of sp³-hybridized carbons (Fsp3) is 0.333. The standard InChI is InChI=1S/C21H26FN3O3/c1-4-21(5-2,13-23)20(27)24-16-9-10-18(28-3)17(12-16)25-19(26)14-7-6-8-15(22)11-14/h6-12H,4-5,13,23H2,1-3H3,(H,24,27)(H,25,26). The van der Waals surface area contributed by atoms with Gasteiger partial charge in [-0.3, -0.25) is 9.59 Å². The molecule has 150 valence electrons. The van der Waals surface area contributed by atoms with E-state index in [2.05, 4.69) is 10.6 Å². The average molecular weight is 387 g/mol. The molecule has 0 radical (unpaired) electrons. The number of methoxy groups -OCH3 is 1. The molecule has 28 heavy (non-hydrogen) atoms. The van der Waals surface area contributed by atoms with E-state index in [9.17, 15) is 14.0 Å². The van der Waals surface area contributed by atoms with Gasteiger partial charge in [0.15, 0.2) is 0 Å². The van der Waals surface area contributed by atoms with E-state index in [4.69, 9.17) is 10.5 Å². The molecule has 2 rings (SSSR count). The number of carbonyl (C=O) groups is 2. The van der Waals surface area contributed by atoms with Crippen LogP contribution in [0.3, 0.4) is 0 Å². The van der Waals surface area contributed by atoms with Gasteiger partial charge in [0.2, 0.25) is 5.91 Å². The Bertz CT molecular complexity index is 842. The Morgan fingerprint density at radius 1 is 1.11 bits per heavy atom. The van der Waals surface area contributed by atoms with Gasteiger partial charge in [-0.25, -0.2) is 4.39 Å². The lowest BCUT2D eigenvalue weighted by Crippen LogP contribution is -2.41. The van der Waals surface area contributed by atoms with Crippen molar-refractivity contribution < 1.29 is 18.7 Å². The number of anilines is 2. The van der Waals surface area contributed by atoms with Crippen molar-refractivity contribution in [1.29, 1.82) is 0 Å². The molecule has 0 aliphatic heterocycles. The van der Waals surface area contributed by atoms with E-state index in [1.807, 2.05) is 13.8 Å². The van der Waals surface area contributed by atoms with Crippen molar-refractivity contribution >= 4 is 23.2 Å². The lowest BCUT2D eigenvalue weighted by Gasteiger charge is -2.28. The highest BCUT2D eigenvalue weighted by Gasteiger charge is 2.33. The van der Waals surface area contributed by atoms with Crippen LogP contribution in [0.1, 0.15) is 37.0 Å². The molecule has 2 amide bonds. The number of nitrogens with two attached hydrogens (primary N) is 1. The zero-order chi connectivity index (χ0) is 20.7. The van der Waals surface area contributed by atoms with Crippen LogP contribution in [0, 0.1) is 11.2 Å². The predicted octanol–water partition coefficient (Wildman–Crippen LogP) is 3.79. The Kier molecular flexibility index (Phi) is 7.12. The number of amides is 2. The van der Waals surface area contributed by atoms with Crippen molar-refractivity contribution in [3.05, 3.63) is 53.8 Å². The van der Waals surface area contributed by atoms with Crippen LogP contribution in [0.25, 0.3) is 0 Å². The van der Waals surface area contributed by atoms with Crippen LogP contribution in [0.5, 0.6) is 5.75 Å². The molecular weight excluding hydrogens is 361 g/mol. The first-order valence-electron chi connectivity index (χ1n) is 9.15. The molecule has 0 fully saturated rings. The smallest absolute Gasteiger partial charge is 0.255 e. The van der Waals surface area contributed by atoms with Gasteiger partial charge in [0, 0.05) is 17.8 Å². The van der Waals surface area contributed by atoms with Crippen molar-refractivity contribution in [2.45, 2.75) is 26.7 Å². The van der Waals surface area contributed by atoms with Crippen molar-refractivity contribution in [3.63, 3.8) is 0 Å². The van der Waals surface area contributed by atoms with E-state index in [1.165, 1.54) is 25.3 Å². The van der Waals surface area contributed by atoms with Crippen LogP contribution >= 0.6 is 0 Å². The molecule has 7 heteroatoms. The van der Waals surface area contributed by atoms with Crippen molar-refractivity contribution in [3.8, 4) is 5.75 Å². The van der Waals surface area contributed by atoms with Crippen LogP contribution in [0.4, 0.5) is 15.8 Å². The molecule has 0 unspecified atom stereocenters. The molecule has 0 saturated carbocycles. The number of nitrogens with one attached hydrogen (secondary N) is 2. The minimum Gasteiger partial charge on any atom is -0.495 e. The Morgan fingerprint density at radius 2 is 1.82 bits per heavy atom. The molecule has 0 aliphatic rings. The maximum atomic E-state index is 13.4. The molecule has 6 nitrogen and oxygen atoms in total. The summed E-state index contributed by atoms with van der Waals surface area (Å²) in [5, 5.41) is 5.56. The number of hydrogen-bond donors (Lipinski definition) is 3. The molecule has 0 aromatic heterocycles. The third-order valence-electron chi connectivity index (χ3n) is 5.02. The lowest BCUT2D eigenvalue weighted by molar-refractivity contribution is -0.125. The summed E-state index contributed by atoms with van der Waals surface area (Å²) in [7, 11) is 1.47. The summed E-state index contributed by atoms with van der Waals surface area (Å²) < 4.78 is 18.6. The Morgan fingerprint density at radius 3 is 2.39 bits per heavy atom. The third-order valence-corrected chi connectivity index (χ3v) is 5.02. The molecule has 0 aliphatic carbocycles. The quantitative estimate of drug-likeness (QED) is 0.642. The number of halogens is 1. The fourth-order valence-corrected chi connectivity index (χ4v) is 2.92. The first kappa shape index (κ1) is 21.4. The number of carbonyl (C=O) groups excluding carboxylic acids is 2. The highest BCUT2D eigenvalue weighted by molar-refractivity contribution is 6.05. The third kappa shape index (κ3) is 4.67. The average Bonchev–Trinajstić information content (AvgIpc) is 2.70. The summed E-state index contributed by atoms with van der Waals surface area (Å²) in [6.07, 6.45) is 1.23. The van der Waals surface area contributed by atoms with Gasteiger partial charge in [-0.2, -0.15) is 0 Å².